The van der Waals surface area contributed by atoms with Gasteiger partial charge in [-0.05, 0) is 39.0 Å². The summed E-state index contributed by atoms with van der Waals surface area (Å²) in [5.74, 6) is 0.245. The summed E-state index contributed by atoms with van der Waals surface area (Å²) in [5.41, 5.74) is 0.813. The highest BCUT2D eigenvalue weighted by atomic mass is 16.6. The van der Waals surface area contributed by atoms with Crippen molar-refractivity contribution in [2.75, 3.05) is 16.8 Å². The number of rotatable bonds is 3. The van der Waals surface area contributed by atoms with E-state index in [9.17, 15) is 9.59 Å². The monoisotopic (exact) mass is 302 g/mol. The number of carbonyl (C=O) groups excluding carboxylic acids is 2. The largest absolute Gasteiger partial charge is 0.444 e. The van der Waals surface area contributed by atoms with Crippen LogP contribution in [0.25, 0.3) is 0 Å². The van der Waals surface area contributed by atoms with Crippen molar-refractivity contribution in [1.82, 2.24) is 0 Å². The first-order chi connectivity index (χ1) is 10.3. The lowest BCUT2D eigenvalue weighted by Crippen LogP contribution is -2.27. The van der Waals surface area contributed by atoms with E-state index in [-0.39, 0.29) is 11.8 Å². The minimum Gasteiger partial charge on any atom is -0.444 e. The Morgan fingerprint density at radius 1 is 1.45 bits per heavy atom. The molecule has 1 aliphatic heterocycles. The summed E-state index contributed by atoms with van der Waals surface area (Å²) >= 11 is 0. The molecule has 1 aromatic rings. The van der Waals surface area contributed by atoms with Crippen molar-refractivity contribution in [2.24, 2.45) is 5.92 Å². The fourth-order valence-corrected chi connectivity index (χ4v) is 2.32. The van der Waals surface area contributed by atoms with Crippen molar-refractivity contribution < 1.29 is 14.3 Å². The Labute approximate surface area is 130 Å². The maximum Gasteiger partial charge on any atom is 0.412 e. The lowest BCUT2D eigenvalue weighted by atomic mass is 10.1. The van der Waals surface area contributed by atoms with Crippen molar-refractivity contribution in [2.45, 2.75) is 32.8 Å². The van der Waals surface area contributed by atoms with Gasteiger partial charge in [0.2, 0.25) is 5.91 Å². The van der Waals surface area contributed by atoms with Crippen LogP contribution in [0.1, 0.15) is 27.2 Å². The van der Waals surface area contributed by atoms with Crippen LogP contribution in [0.15, 0.2) is 36.9 Å². The Kier molecular flexibility index (Phi) is 4.54. The van der Waals surface area contributed by atoms with E-state index in [4.69, 9.17) is 4.74 Å². The summed E-state index contributed by atoms with van der Waals surface area (Å²) in [4.78, 5) is 25.5. The molecule has 0 saturated carbocycles. The summed E-state index contributed by atoms with van der Waals surface area (Å²) in [6, 6.07) is 7.19. The average Bonchev–Trinajstić information content (AvgIpc) is 2.78. The number of carbonyl (C=O) groups is 2. The molecular formula is C17H22N2O3. The molecule has 2 rings (SSSR count). The number of nitrogens with one attached hydrogen (secondary N) is 1. The molecule has 1 aromatic carbocycles. The van der Waals surface area contributed by atoms with E-state index >= 15 is 0 Å². The zero-order chi connectivity index (χ0) is 16.3. The van der Waals surface area contributed by atoms with Crippen LogP contribution in [0.5, 0.6) is 0 Å². The Bertz CT molecular complexity index is 590. The van der Waals surface area contributed by atoms with Crippen LogP contribution in [0.2, 0.25) is 0 Å². The van der Waals surface area contributed by atoms with E-state index in [1.54, 1.807) is 49.9 Å². The van der Waals surface area contributed by atoms with Crippen molar-refractivity contribution in [3.63, 3.8) is 0 Å². The van der Waals surface area contributed by atoms with Gasteiger partial charge in [-0.3, -0.25) is 10.1 Å². The van der Waals surface area contributed by atoms with Gasteiger partial charge in [-0.1, -0.05) is 12.1 Å². The third kappa shape index (κ3) is 4.10. The molecule has 1 heterocycles. The first-order valence-electron chi connectivity index (χ1n) is 7.31. The highest BCUT2D eigenvalue weighted by Gasteiger charge is 2.28. The van der Waals surface area contributed by atoms with Crippen molar-refractivity contribution in [3.05, 3.63) is 36.9 Å². The van der Waals surface area contributed by atoms with Gasteiger partial charge < -0.3 is 9.64 Å². The Morgan fingerprint density at radius 3 is 2.77 bits per heavy atom. The second-order valence-corrected chi connectivity index (χ2v) is 6.38. The van der Waals surface area contributed by atoms with E-state index in [1.807, 2.05) is 6.07 Å². The van der Waals surface area contributed by atoms with E-state index in [0.29, 0.717) is 18.7 Å². The first-order valence-corrected chi connectivity index (χ1v) is 7.31. The van der Waals surface area contributed by atoms with Crippen LogP contribution in [0.4, 0.5) is 16.2 Å². The Hall–Kier alpha value is -2.30. The zero-order valence-electron chi connectivity index (χ0n) is 13.3. The van der Waals surface area contributed by atoms with Gasteiger partial charge in [0.15, 0.2) is 0 Å². The molecule has 0 aliphatic carbocycles. The molecule has 0 aromatic heterocycles. The zero-order valence-corrected chi connectivity index (χ0v) is 13.3. The molecule has 1 aliphatic rings. The molecule has 5 nitrogen and oxygen atoms in total. The van der Waals surface area contributed by atoms with Crippen LogP contribution in [-0.2, 0) is 9.53 Å². The summed E-state index contributed by atoms with van der Waals surface area (Å²) in [6.07, 6.45) is 1.77. The van der Waals surface area contributed by atoms with Crippen molar-refractivity contribution in [3.8, 4) is 0 Å². The lowest BCUT2D eigenvalue weighted by molar-refractivity contribution is -0.117. The fraction of sp³-hybridized carbons (Fsp3) is 0.412. The SMILES string of the molecule is C=CC1CC(=O)N(c2cccc(NC(=O)OC(C)(C)C)c2)C1. The van der Waals surface area contributed by atoms with Crippen molar-refractivity contribution in [1.29, 1.82) is 0 Å². The van der Waals surface area contributed by atoms with Gasteiger partial charge >= 0.3 is 6.09 Å². The number of anilines is 2. The van der Waals surface area contributed by atoms with E-state index in [1.165, 1.54) is 0 Å². The summed E-state index contributed by atoms with van der Waals surface area (Å²) in [5, 5.41) is 2.68. The topological polar surface area (TPSA) is 58.6 Å². The molecule has 0 radical (unpaired) electrons. The van der Waals surface area contributed by atoms with Gasteiger partial charge in [0.25, 0.3) is 0 Å². The van der Waals surface area contributed by atoms with Gasteiger partial charge in [0.1, 0.15) is 5.60 Å². The molecule has 0 bridgehead atoms. The molecule has 118 valence electrons. The predicted molar refractivity (Wildman–Crippen MR) is 87.0 cm³/mol. The quantitative estimate of drug-likeness (QED) is 0.868. The Morgan fingerprint density at radius 2 is 2.18 bits per heavy atom. The highest BCUT2D eigenvalue weighted by Crippen LogP contribution is 2.27. The molecule has 1 fully saturated rings. The smallest absolute Gasteiger partial charge is 0.412 e. The molecule has 22 heavy (non-hydrogen) atoms. The van der Waals surface area contributed by atoms with Gasteiger partial charge in [-0.25, -0.2) is 4.79 Å². The second-order valence-electron chi connectivity index (χ2n) is 6.38. The van der Waals surface area contributed by atoms with Gasteiger partial charge in [-0.15, -0.1) is 6.58 Å². The molecule has 5 heteroatoms. The van der Waals surface area contributed by atoms with E-state index in [2.05, 4.69) is 11.9 Å². The molecule has 1 N–H and O–H groups in total. The third-order valence-corrected chi connectivity index (χ3v) is 3.29. The van der Waals surface area contributed by atoms with Gasteiger partial charge in [-0.2, -0.15) is 0 Å². The fourth-order valence-electron chi connectivity index (χ4n) is 2.32. The summed E-state index contributed by atoms with van der Waals surface area (Å²) in [6.45, 7) is 9.79. The molecular weight excluding hydrogens is 280 g/mol. The Balaban J connectivity index is 2.09. The number of benzene rings is 1. The average molecular weight is 302 g/mol. The number of amides is 2. The number of nitrogens with zero attached hydrogens (tertiary/aromatic N) is 1. The third-order valence-electron chi connectivity index (χ3n) is 3.29. The number of hydrogen-bond donors (Lipinski definition) is 1. The minimum absolute atomic E-state index is 0.0688. The highest BCUT2D eigenvalue weighted by molar-refractivity contribution is 5.97. The maximum atomic E-state index is 12.0. The van der Waals surface area contributed by atoms with Gasteiger partial charge in [0.05, 0.1) is 0 Å². The van der Waals surface area contributed by atoms with Crippen LogP contribution >= 0.6 is 0 Å². The standard InChI is InChI=1S/C17H22N2O3/c1-5-12-9-15(20)19(11-12)14-8-6-7-13(10-14)18-16(21)22-17(2,3)4/h5-8,10,12H,1,9,11H2,2-4H3,(H,18,21). The molecule has 0 spiro atoms. The summed E-state index contributed by atoms with van der Waals surface area (Å²) in [7, 11) is 0. The first kappa shape index (κ1) is 16.1. The summed E-state index contributed by atoms with van der Waals surface area (Å²) < 4.78 is 5.22. The van der Waals surface area contributed by atoms with Crippen molar-refractivity contribution >= 4 is 23.4 Å². The maximum absolute atomic E-state index is 12.0. The van der Waals surface area contributed by atoms with Crippen LogP contribution in [0.3, 0.4) is 0 Å². The normalized spacial score (nSPS) is 18.2. The molecule has 2 amide bonds. The number of hydrogen-bond acceptors (Lipinski definition) is 3. The molecule has 1 atom stereocenters. The lowest BCUT2D eigenvalue weighted by Gasteiger charge is -2.20. The minimum atomic E-state index is -0.552. The van der Waals surface area contributed by atoms with Crippen LogP contribution in [-0.4, -0.2) is 24.1 Å². The molecule has 1 saturated heterocycles. The van der Waals surface area contributed by atoms with Crippen LogP contribution < -0.4 is 10.2 Å². The second kappa shape index (κ2) is 6.22. The molecule has 1 unspecified atom stereocenters. The van der Waals surface area contributed by atoms with Crippen LogP contribution in [0, 0.1) is 5.92 Å². The van der Waals surface area contributed by atoms with Gasteiger partial charge in [0, 0.05) is 30.3 Å². The van der Waals surface area contributed by atoms with E-state index in [0.717, 1.165) is 5.69 Å². The van der Waals surface area contributed by atoms with E-state index < -0.39 is 11.7 Å². The number of ether oxygens (including phenoxy) is 1. The predicted octanol–water partition coefficient (Wildman–Crippen LogP) is 3.57.